The van der Waals surface area contributed by atoms with E-state index in [9.17, 15) is 4.79 Å². The monoisotopic (exact) mass is 263 g/mol. The quantitative estimate of drug-likeness (QED) is 0.815. The Labute approximate surface area is 113 Å². The van der Waals surface area contributed by atoms with Gasteiger partial charge in [0.15, 0.2) is 0 Å². The Hall–Kier alpha value is -1.40. The van der Waals surface area contributed by atoms with Crippen molar-refractivity contribution in [3.8, 4) is 0 Å². The summed E-state index contributed by atoms with van der Waals surface area (Å²) >= 11 is 0. The number of amides is 1. The summed E-state index contributed by atoms with van der Waals surface area (Å²) in [6.07, 6.45) is 6.12. The highest BCUT2D eigenvalue weighted by atomic mass is 16.2. The molecule has 104 valence electrons. The lowest BCUT2D eigenvalue weighted by molar-refractivity contribution is -0.134. The summed E-state index contributed by atoms with van der Waals surface area (Å²) in [5.41, 5.74) is 6.82. The predicted octanol–water partition coefficient (Wildman–Crippen LogP) is -0.273. The Balaban J connectivity index is 1.58. The Kier molecular flexibility index (Phi) is 3.28. The second-order valence-corrected chi connectivity index (χ2v) is 5.52. The van der Waals surface area contributed by atoms with Crippen LogP contribution in [0.1, 0.15) is 24.4 Å². The number of aromatic nitrogens is 2. The number of nitrogens with zero attached hydrogens (tertiary/aromatic N) is 4. The molecule has 1 saturated carbocycles. The van der Waals surface area contributed by atoms with Gasteiger partial charge < -0.3 is 10.6 Å². The molecule has 2 N–H and O–H groups in total. The molecule has 2 aliphatic rings. The van der Waals surface area contributed by atoms with Crippen LogP contribution in [0, 0.1) is 0 Å². The molecule has 0 bridgehead atoms. The normalized spacial score (nSPS) is 22.5. The zero-order valence-corrected chi connectivity index (χ0v) is 11.3. The first-order chi connectivity index (χ1) is 9.15. The number of hydrogen-bond acceptors (Lipinski definition) is 4. The molecular formula is C13H21N5O. The molecule has 1 saturated heterocycles. The van der Waals surface area contributed by atoms with Crippen molar-refractivity contribution in [1.29, 1.82) is 0 Å². The highest BCUT2D eigenvalue weighted by molar-refractivity contribution is 5.83. The van der Waals surface area contributed by atoms with E-state index in [1.165, 1.54) is 12.8 Å². The highest BCUT2D eigenvalue weighted by Gasteiger charge is 2.33. The molecule has 2 heterocycles. The van der Waals surface area contributed by atoms with Gasteiger partial charge in [-0.2, -0.15) is 5.10 Å². The van der Waals surface area contributed by atoms with Crippen LogP contribution in [0.25, 0.3) is 0 Å². The number of piperazine rings is 1. The van der Waals surface area contributed by atoms with Gasteiger partial charge in [0.1, 0.15) is 6.04 Å². The first kappa shape index (κ1) is 12.6. The van der Waals surface area contributed by atoms with Crippen molar-refractivity contribution in [2.45, 2.75) is 24.9 Å². The van der Waals surface area contributed by atoms with E-state index in [1.807, 2.05) is 18.1 Å². The molecule has 1 aliphatic heterocycles. The fraction of sp³-hybridized carbons (Fsp3) is 0.692. The predicted molar refractivity (Wildman–Crippen MR) is 71.3 cm³/mol. The number of hydrogen-bond donors (Lipinski definition) is 1. The molecule has 3 rings (SSSR count). The fourth-order valence-corrected chi connectivity index (χ4v) is 2.69. The summed E-state index contributed by atoms with van der Waals surface area (Å²) < 4.78 is 1.67. The van der Waals surface area contributed by atoms with Gasteiger partial charge >= 0.3 is 0 Å². The zero-order chi connectivity index (χ0) is 13.4. The van der Waals surface area contributed by atoms with Crippen LogP contribution in [0.5, 0.6) is 0 Å². The van der Waals surface area contributed by atoms with Crippen molar-refractivity contribution < 1.29 is 4.79 Å². The van der Waals surface area contributed by atoms with Gasteiger partial charge in [-0.1, -0.05) is 0 Å². The number of aryl methyl sites for hydroxylation is 1. The minimum absolute atomic E-state index is 0.0171. The van der Waals surface area contributed by atoms with E-state index in [0.29, 0.717) is 0 Å². The first-order valence-corrected chi connectivity index (χ1v) is 6.92. The summed E-state index contributed by atoms with van der Waals surface area (Å²) in [4.78, 5) is 16.7. The topological polar surface area (TPSA) is 67.4 Å². The minimum atomic E-state index is -0.582. The maximum Gasteiger partial charge on any atom is 0.244 e. The third kappa shape index (κ3) is 2.64. The second-order valence-electron chi connectivity index (χ2n) is 5.52. The molecule has 6 heteroatoms. The van der Waals surface area contributed by atoms with E-state index in [0.717, 1.165) is 37.8 Å². The molecule has 1 unspecified atom stereocenters. The van der Waals surface area contributed by atoms with Crippen LogP contribution in [-0.2, 0) is 11.8 Å². The van der Waals surface area contributed by atoms with Crippen molar-refractivity contribution in [2.24, 2.45) is 12.8 Å². The van der Waals surface area contributed by atoms with Crippen molar-refractivity contribution in [1.82, 2.24) is 19.6 Å². The molecule has 0 aromatic carbocycles. The average molecular weight is 263 g/mol. The maximum absolute atomic E-state index is 12.3. The third-order valence-corrected chi connectivity index (χ3v) is 4.04. The van der Waals surface area contributed by atoms with E-state index < -0.39 is 6.04 Å². The number of rotatable bonds is 3. The van der Waals surface area contributed by atoms with Crippen molar-refractivity contribution in [3.05, 3.63) is 18.0 Å². The van der Waals surface area contributed by atoms with Gasteiger partial charge in [-0.15, -0.1) is 0 Å². The minimum Gasteiger partial charge on any atom is -0.338 e. The summed E-state index contributed by atoms with van der Waals surface area (Å²) in [6.45, 7) is 3.55. The lowest BCUT2D eigenvalue weighted by Gasteiger charge is -2.35. The van der Waals surface area contributed by atoms with Crippen LogP contribution >= 0.6 is 0 Å². The summed E-state index contributed by atoms with van der Waals surface area (Å²) in [5, 5.41) is 4.07. The molecule has 6 nitrogen and oxygen atoms in total. The Bertz CT molecular complexity index is 459. The van der Waals surface area contributed by atoms with Crippen LogP contribution in [0.4, 0.5) is 0 Å². The largest absolute Gasteiger partial charge is 0.338 e. The summed E-state index contributed by atoms with van der Waals surface area (Å²) in [6, 6.07) is 0.199. The first-order valence-electron chi connectivity index (χ1n) is 6.92. The number of carbonyl (C=O) groups excluding carboxylic acids is 1. The summed E-state index contributed by atoms with van der Waals surface area (Å²) in [7, 11) is 1.83. The lowest BCUT2D eigenvalue weighted by Crippen LogP contribution is -2.51. The fourth-order valence-electron chi connectivity index (χ4n) is 2.69. The smallest absolute Gasteiger partial charge is 0.244 e. The Morgan fingerprint density at radius 2 is 2.05 bits per heavy atom. The van der Waals surface area contributed by atoms with Crippen LogP contribution in [0.3, 0.4) is 0 Å². The standard InChI is InChI=1S/C13H21N5O/c1-16-9-10(8-15-16)12(14)13(19)18-6-4-17(5-7-18)11-2-3-11/h8-9,11-12H,2-7,14H2,1H3. The molecule has 1 aromatic heterocycles. The van der Waals surface area contributed by atoms with Crippen LogP contribution in [-0.4, -0.2) is 57.7 Å². The van der Waals surface area contributed by atoms with Crippen LogP contribution < -0.4 is 5.73 Å². The van der Waals surface area contributed by atoms with Crippen LogP contribution in [0.15, 0.2) is 12.4 Å². The van der Waals surface area contributed by atoms with Gasteiger partial charge in [-0.3, -0.25) is 14.4 Å². The zero-order valence-electron chi connectivity index (χ0n) is 11.3. The van der Waals surface area contributed by atoms with E-state index in [1.54, 1.807) is 10.9 Å². The van der Waals surface area contributed by atoms with Gasteiger partial charge in [0, 0.05) is 51.0 Å². The third-order valence-electron chi connectivity index (χ3n) is 4.04. The highest BCUT2D eigenvalue weighted by Crippen LogP contribution is 2.27. The number of nitrogens with two attached hydrogens (primary N) is 1. The van der Waals surface area contributed by atoms with Gasteiger partial charge in [-0.25, -0.2) is 0 Å². The Morgan fingerprint density at radius 1 is 1.37 bits per heavy atom. The van der Waals surface area contributed by atoms with Gasteiger partial charge in [0.05, 0.1) is 6.20 Å². The van der Waals surface area contributed by atoms with Crippen LogP contribution in [0.2, 0.25) is 0 Å². The maximum atomic E-state index is 12.3. The van der Waals surface area contributed by atoms with E-state index in [2.05, 4.69) is 10.00 Å². The van der Waals surface area contributed by atoms with E-state index in [-0.39, 0.29) is 5.91 Å². The molecule has 1 amide bonds. The van der Waals surface area contributed by atoms with Crippen molar-refractivity contribution in [3.63, 3.8) is 0 Å². The molecule has 2 fully saturated rings. The van der Waals surface area contributed by atoms with Gasteiger partial charge in [-0.05, 0) is 12.8 Å². The second kappa shape index (κ2) is 4.94. The van der Waals surface area contributed by atoms with E-state index >= 15 is 0 Å². The molecule has 1 atom stereocenters. The number of carbonyl (C=O) groups is 1. The average Bonchev–Trinajstić information content (AvgIpc) is 3.19. The van der Waals surface area contributed by atoms with Crippen molar-refractivity contribution in [2.75, 3.05) is 26.2 Å². The lowest BCUT2D eigenvalue weighted by atomic mass is 10.1. The molecule has 1 aliphatic carbocycles. The molecule has 19 heavy (non-hydrogen) atoms. The molecule has 0 spiro atoms. The molecule has 1 aromatic rings. The van der Waals surface area contributed by atoms with E-state index in [4.69, 9.17) is 5.73 Å². The van der Waals surface area contributed by atoms with Gasteiger partial charge in [0.2, 0.25) is 5.91 Å². The van der Waals surface area contributed by atoms with Gasteiger partial charge in [0.25, 0.3) is 0 Å². The molecular weight excluding hydrogens is 242 g/mol. The Morgan fingerprint density at radius 3 is 2.58 bits per heavy atom. The summed E-state index contributed by atoms with van der Waals surface area (Å²) in [5.74, 6) is 0.0171. The van der Waals surface area contributed by atoms with Crippen molar-refractivity contribution >= 4 is 5.91 Å². The molecule has 0 radical (unpaired) electrons. The SMILES string of the molecule is Cn1cc(C(N)C(=O)N2CCN(C3CC3)CC2)cn1.